The van der Waals surface area contributed by atoms with E-state index >= 15 is 0 Å². The van der Waals surface area contributed by atoms with Gasteiger partial charge in [0.1, 0.15) is 0 Å². The Hall–Kier alpha value is -2.72. The van der Waals surface area contributed by atoms with Crippen molar-refractivity contribution in [3.63, 3.8) is 0 Å². The van der Waals surface area contributed by atoms with Crippen molar-refractivity contribution in [2.45, 2.75) is 12.7 Å². The number of benzene rings is 2. The summed E-state index contributed by atoms with van der Waals surface area (Å²) in [7, 11) is 1.33. The van der Waals surface area contributed by atoms with Crippen LogP contribution < -0.4 is 0 Å². The molecule has 0 heterocycles. The van der Waals surface area contributed by atoms with E-state index in [1.54, 1.807) is 60.7 Å². The van der Waals surface area contributed by atoms with Crippen molar-refractivity contribution in [1.29, 1.82) is 0 Å². The van der Waals surface area contributed by atoms with Crippen molar-refractivity contribution in [2.24, 2.45) is 0 Å². The molecule has 0 aliphatic rings. The van der Waals surface area contributed by atoms with Crippen molar-refractivity contribution in [1.82, 2.24) is 0 Å². The predicted octanol–water partition coefficient (Wildman–Crippen LogP) is 3.49. The van der Waals surface area contributed by atoms with Gasteiger partial charge >= 0.3 is 11.8 Å². The first-order valence-corrected chi connectivity index (χ1v) is 7.10. The minimum absolute atomic E-state index is 0.184. The van der Waals surface area contributed by atoms with Crippen LogP contribution in [0, 0.1) is 0 Å². The van der Waals surface area contributed by atoms with E-state index in [1.807, 2.05) is 0 Å². The highest BCUT2D eigenvalue weighted by Crippen LogP contribution is 2.32. The van der Waals surface area contributed by atoms with Gasteiger partial charge in [-0.15, -0.1) is 0 Å². The van der Waals surface area contributed by atoms with E-state index in [-0.39, 0.29) is 5.57 Å². The van der Waals surface area contributed by atoms with E-state index in [9.17, 15) is 9.59 Å². The number of hydrogen-bond donors (Lipinski definition) is 0. The summed E-state index contributed by atoms with van der Waals surface area (Å²) in [5, 5.41) is 0. The molecule has 118 valence electrons. The monoisotopic (exact) mass is 310 g/mol. The molecule has 4 heteroatoms. The molecule has 0 spiro atoms. The Morgan fingerprint density at radius 2 is 1.48 bits per heavy atom. The molecule has 0 amide bonds. The molecule has 1 atom stereocenters. The zero-order chi connectivity index (χ0) is 16.9. The minimum atomic E-state index is -1.85. The van der Waals surface area contributed by atoms with Crippen LogP contribution in [0.4, 0.5) is 0 Å². The minimum Gasteiger partial charge on any atom is -0.417 e. The van der Waals surface area contributed by atoms with Gasteiger partial charge in [-0.3, -0.25) is 4.79 Å². The lowest BCUT2D eigenvalue weighted by molar-refractivity contribution is -0.200. The van der Waals surface area contributed by atoms with Gasteiger partial charge in [-0.05, 0) is 6.92 Å². The summed E-state index contributed by atoms with van der Waals surface area (Å²) < 4.78 is 10.9. The largest absolute Gasteiger partial charge is 0.417 e. The summed E-state index contributed by atoms with van der Waals surface area (Å²) in [4.78, 5) is 25.1. The second kappa shape index (κ2) is 7.03. The third kappa shape index (κ3) is 3.38. The Morgan fingerprint density at radius 3 is 1.96 bits per heavy atom. The molecule has 0 aromatic heterocycles. The fourth-order valence-electron chi connectivity index (χ4n) is 2.14. The van der Waals surface area contributed by atoms with Crippen molar-refractivity contribution in [2.75, 3.05) is 7.11 Å². The normalized spacial score (nSPS) is 13.0. The summed E-state index contributed by atoms with van der Waals surface area (Å²) in [6.07, 6.45) is 0. The predicted molar refractivity (Wildman–Crippen MR) is 86.8 cm³/mol. The highest BCUT2D eigenvalue weighted by Gasteiger charge is 2.45. The van der Waals surface area contributed by atoms with Crippen LogP contribution in [0.15, 0.2) is 72.8 Å². The smallest absolute Gasteiger partial charge is 0.336 e. The third-order valence-corrected chi connectivity index (χ3v) is 3.36. The average Bonchev–Trinajstić information content (AvgIpc) is 2.60. The maximum Gasteiger partial charge on any atom is 0.336 e. The summed E-state index contributed by atoms with van der Waals surface area (Å²) in [6, 6.07) is 17.2. The Bertz CT molecular complexity index is 707. The Kier molecular flexibility index (Phi) is 5.09. The number of methoxy groups -OCH3 is 1. The molecule has 2 aromatic carbocycles. The molecule has 0 aliphatic carbocycles. The van der Waals surface area contributed by atoms with Crippen LogP contribution in [0.25, 0.3) is 0 Å². The van der Waals surface area contributed by atoms with E-state index in [1.165, 1.54) is 14.0 Å². The van der Waals surface area contributed by atoms with Gasteiger partial charge in [0.15, 0.2) is 0 Å². The molecule has 4 nitrogen and oxygen atoms in total. The van der Waals surface area contributed by atoms with E-state index in [2.05, 4.69) is 6.58 Å². The van der Waals surface area contributed by atoms with Gasteiger partial charge in [0.2, 0.25) is 5.78 Å². The van der Waals surface area contributed by atoms with Crippen LogP contribution in [-0.2, 0) is 20.1 Å². The van der Waals surface area contributed by atoms with Crippen LogP contribution in [-0.4, -0.2) is 18.9 Å². The molecular formula is C19H18O4. The Morgan fingerprint density at radius 1 is 0.957 bits per heavy atom. The van der Waals surface area contributed by atoms with Crippen molar-refractivity contribution in [3.05, 3.63) is 83.9 Å². The van der Waals surface area contributed by atoms with Crippen molar-refractivity contribution < 1.29 is 19.1 Å². The zero-order valence-corrected chi connectivity index (χ0v) is 13.1. The van der Waals surface area contributed by atoms with Crippen LogP contribution >= 0.6 is 0 Å². The highest BCUT2D eigenvalue weighted by molar-refractivity contribution is 6.03. The second-order valence-corrected chi connectivity index (χ2v) is 5.05. The lowest BCUT2D eigenvalue weighted by Crippen LogP contribution is -2.42. The molecular weight excluding hydrogens is 292 g/mol. The van der Waals surface area contributed by atoms with Crippen molar-refractivity contribution in [3.8, 4) is 0 Å². The van der Waals surface area contributed by atoms with Gasteiger partial charge in [0.25, 0.3) is 0 Å². The molecule has 2 rings (SSSR count). The maximum absolute atomic E-state index is 13.0. The third-order valence-electron chi connectivity index (χ3n) is 3.36. The quantitative estimate of drug-likeness (QED) is 0.355. The van der Waals surface area contributed by atoms with Crippen LogP contribution in [0.2, 0.25) is 0 Å². The van der Waals surface area contributed by atoms with E-state index < -0.39 is 17.5 Å². The molecule has 1 unspecified atom stereocenters. The molecule has 0 bridgehead atoms. The van der Waals surface area contributed by atoms with E-state index in [0.29, 0.717) is 11.1 Å². The fraction of sp³-hybridized carbons (Fsp3) is 0.158. The molecule has 0 saturated heterocycles. The first-order chi connectivity index (χ1) is 11.0. The van der Waals surface area contributed by atoms with Gasteiger partial charge in [0.05, 0.1) is 0 Å². The van der Waals surface area contributed by atoms with Gasteiger partial charge < -0.3 is 9.47 Å². The zero-order valence-electron chi connectivity index (χ0n) is 13.1. The molecule has 0 saturated carbocycles. The molecule has 2 aromatic rings. The number of rotatable bonds is 6. The van der Waals surface area contributed by atoms with Crippen LogP contribution in [0.3, 0.4) is 0 Å². The molecule has 0 radical (unpaired) electrons. The summed E-state index contributed by atoms with van der Waals surface area (Å²) in [6.45, 7) is 5.07. The van der Waals surface area contributed by atoms with Gasteiger partial charge in [-0.2, -0.15) is 0 Å². The Labute approximate surface area is 135 Å². The summed E-state index contributed by atoms with van der Waals surface area (Å²) >= 11 is 0. The molecule has 0 N–H and O–H groups in total. The fourth-order valence-corrected chi connectivity index (χ4v) is 2.14. The highest BCUT2D eigenvalue weighted by atomic mass is 16.7. The van der Waals surface area contributed by atoms with E-state index in [0.717, 1.165) is 0 Å². The number of esters is 1. The average molecular weight is 310 g/mol. The van der Waals surface area contributed by atoms with Gasteiger partial charge in [-0.25, -0.2) is 4.79 Å². The topological polar surface area (TPSA) is 52.6 Å². The lowest BCUT2D eigenvalue weighted by Gasteiger charge is -2.30. The van der Waals surface area contributed by atoms with Crippen LogP contribution in [0.5, 0.6) is 0 Å². The summed E-state index contributed by atoms with van der Waals surface area (Å²) in [5.74, 6) is -3.00. The number of ether oxygens (including phenoxy) is 2. The number of ketones is 1. The lowest BCUT2D eigenvalue weighted by atomic mass is 9.95. The van der Waals surface area contributed by atoms with E-state index in [4.69, 9.17) is 9.47 Å². The standard InChI is InChI=1S/C19H18O4/c1-14(2)18(21)23-19(22-3,16-12-8-5-9-13-16)17(20)15-10-6-4-7-11-15/h4-13H,1H2,2-3H3. The first-order valence-electron chi connectivity index (χ1n) is 7.10. The maximum atomic E-state index is 13.0. The number of hydrogen-bond acceptors (Lipinski definition) is 4. The number of carbonyl (C=O) groups excluding carboxylic acids is 2. The number of carbonyl (C=O) groups is 2. The molecule has 0 fully saturated rings. The first kappa shape index (κ1) is 16.6. The molecule has 0 aliphatic heterocycles. The molecule has 23 heavy (non-hydrogen) atoms. The summed E-state index contributed by atoms with van der Waals surface area (Å²) in [5.41, 5.74) is 1.00. The second-order valence-electron chi connectivity index (χ2n) is 5.05. The van der Waals surface area contributed by atoms with Crippen LogP contribution in [0.1, 0.15) is 22.8 Å². The Balaban J connectivity index is 2.56. The SMILES string of the molecule is C=C(C)C(=O)OC(OC)(C(=O)c1ccccc1)c1ccccc1. The van der Waals surface area contributed by atoms with Crippen molar-refractivity contribution >= 4 is 11.8 Å². The van der Waals surface area contributed by atoms with Gasteiger partial charge in [0, 0.05) is 23.8 Å². The van der Waals surface area contributed by atoms with Gasteiger partial charge in [-0.1, -0.05) is 67.2 Å². The number of Topliss-reactive ketones (excluding diaryl/α,β-unsaturated/α-hetero) is 1.